The van der Waals surface area contributed by atoms with Crippen molar-refractivity contribution >= 4 is 28.2 Å². The van der Waals surface area contributed by atoms with Gasteiger partial charge in [0.1, 0.15) is 6.33 Å². The zero-order chi connectivity index (χ0) is 10.4. The Kier molecular flexibility index (Phi) is 1.70. The van der Waals surface area contributed by atoms with Gasteiger partial charge >= 0.3 is 0 Å². The van der Waals surface area contributed by atoms with Crippen molar-refractivity contribution < 1.29 is 0 Å². The van der Waals surface area contributed by atoms with Gasteiger partial charge in [-0.25, -0.2) is 0 Å². The van der Waals surface area contributed by atoms with Crippen LogP contribution in [0.5, 0.6) is 0 Å². The standard InChI is InChI=1S/C11H8ClN3/c1-7-8-4-2-3-5-9(8)15-6-13-14-11(15)10(7)12/h2-6H,1H3. The van der Waals surface area contributed by atoms with Crippen molar-refractivity contribution in [2.45, 2.75) is 6.92 Å². The van der Waals surface area contributed by atoms with Crippen LogP contribution in [0.15, 0.2) is 30.6 Å². The number of aromatic nitrogens is 3. The molecular weight excluding hydrogens is 210 g/mol. The average molecular weight is 218 g/mol. The Labute approximate surface area is 91.3 Å². The molecule has 0 bridgehead atoms. The number of pyridine rings is 1. The molecule has 0 N–H and O–H groups in total. The summed E-state index contributed by atoms with van der Waals surface area (Å²) in [5.41, 5.74) is 2.85. The topological polar surface area (TPSA) is 30.2 Å². The van der Waals surface area contributed by atoms with Gasteiger partial charge in [-0.15, -0.1) is 10.2 Å². The molecule has 0 aliphatic heterocycles. The minimum Gasteiger partial charge on any atom is -0.280 e. The molecule has 3 aromatic rings. The third kappa shape index (κ3) is 1.07. The molecular formula is C11H8ClN3. The molecule has 3 rings (SSSR count). The van der Waals surface area contributed by atoms with Crippen LogP contribution in [0.1, 0.15) is 5.56 Å². The van der Waals surface area contributed by atoms with Crippen molar-refractivity contribution in [2.24, 2.45) is 0 Å². The van der Waals surface area contributed by atoms with Crippen LogP contribution in [-0.2, 0) is 0 Å². The zero-order valence-corrected chi connectivity index (χ0v) is 8.86. The van der Waals surface area contributed by atoms with E-state index in [1.165, 1.54) is 0 Å². The van der Waals surface area contributed by atoms with Gasteiger partial charge in [-0.05, 0) is 18.6 Å². The minimum absolute atomic E-state index is 0.672. The molecule has 74 valence electrons. The number of aryl methyl sites for hydroxylation is 1. The Morgan fingerprint density at radius 3 is 2.93 bits per heavy atom. The van der Waals surface area contributed by atoms with Gasteiger partial charge < -0.3 is 0 Å². The molecule has 0 saturated heterocycles. The van der Waals surface area contributed by atoms with E-state index in [1.54, 1.807) is 6.33 Å². The Morgan fingerprint density at radius 1 is 1.27 bits per heavy atom. The van der Waals surface area contributed by atoms with E-state index >= 15 is 0 Å². The number of benzene rings is 1. The number of rotatable bonds is 0. The van der Waals surface area contributed by atoms with Gasteiger partial charge in [0.15, 0.2) is 5.65 Å². The summed E-state index contributed by atoms with van der Waals surface area (Å²) in [6.07, 6.45) is 1.68. The Hall–Kier alpha value is -1.61. The van der Waals surface area contributed by atoms with E-state index in [2.05, 4.69) is 16.3 Å². The summed E-state index contributed by atoms with van der Waals surface area (Å²) in [5, 5.41) is 9.70. The predicted octanol–water partition coefficient (Wildman–Crippen LogP) is 2.84. The highest BCUT2D eigenvalue weighted by Gasteiger charge is 2.10. The first-order valence-electron chi connectivity index (χ1n) is 4.65. The first kappa shape index (κ1) is 8.68. The van der Waals surface area contributed by atoms with E-state index < -0.39 is 0 Å². The number of hydrogen-bond donors (Lipinski definition) is 0. The maximum atomic E-state index is 6.22. The lowest BCUT2D eigenvalue weighted by Crippen LogP contribution is -1.91. The van der Waals surface area contributed by atoms with E-state index in [0.29, 0.717) is 10.7 Å². The second kappa shape index (κ2) is 2.94. The molecule has 0 saturated carbocycles. The molecule has 1 aromatic carbocycles. The van der Waals surface area contributed by atoms with Gasteiger partial charge in [0, 0.05) is 5.39 Å². The molecule has 4 heteroatoms. The minimum atomic E-state index is 0.672. The molecule has 2 aromatic heterocycles. The zero-order valence-electron chi connectivity index (χ0n) is 8.11. The average Bonchev–Trinajstić information content (AvgIpc) is 2.75. The van der Waals surface area contributed by atoms with Crippen molar-refractivity contribution in [1.82, 2.24) is 14.6 Å². The van der Waals surface area contributed by atoms with E-state index in [4.69, 9.17) is 11.6 Å². The van der Waals surface area contributed by atoms with Gasteiger partial charge in [0.05, 0.1) is 10.5 Å². The summed E-state index contributed by atoms with van der Waals surface area (Å²) in [7, 11) is 0. The molecule has 0 spiro atoms. The van der Waals surface area contributed by atoms with Gasteiger partial charge in [-0.1, -0.05) is 29.8 Å². The number of hydrogen-bond acceptors (Lipinski definition) is 2. The van der Waals surface area contributed by atoms with Crippen LogP contribution in [0.3, 0.4) is 0 Å². The summed E-state index contributed by atoms with van der Waals surface area (Å²) in [6, 6.07) is 8.09. The van der Waals surface area contributed by atoms with E-state index in [-0.39, 0.29) is 0 Å². The van der Waals surface area contributed by atoms with Crippen LogP contribution in [0, 0.1) is 6.92 Å². The molecule has 0 unspecified atom stereocenters. The van der Waals surface area contributed by atoms with Crippen molar-refractivity contribution in [3.8, 4) is 0 Å². The lowest BCUT2D eigenvalue weighted by atomic mass is 10.1. The maximum absolute atomic E-state index is 6.22. The summed E-state index contributed by atoms with van der Waals surface area (Å²) in [5.74, 6) is 0. The molecule has 0 fully saturated rings. The van der Waals surface area contributed by atoms with Crippen LogP contribution in [0.25, 0.3) is 16.6 Å². The van der Waals surface area contributed by atoms with Crippen molar-refractivity contribution in [2.75, 3.05) is 0 Å². The van der Waals surface area contributed by atoms with Gasteiger partial charge in [-0.2, -0.15) is 0 Å². The number of nitrogens with zero attached hydrogens (tertiary/aromatic N) is 3. The van der Waals surface area contributed by atoms with E-state index in [9.17, 15) is 0 Å². The molecule has 0 amide bonds. The monoisotopic (exact) mass is 217 g/mol. The first-order valence-corrected chi connectivity index (χ1v) is 5.03. The quantitative estimate of drug-likeness (QED) is 0.580. The second-order valence-electron chi connectivity index (χ2n) is 3.48. The molecule has 15 heavy (non-hydrogen) atoms. The first-order chi connectivity index (χ1) is 7.29. The van der Waals surface area contributed by atoms with Gasteiger partial charge in [0.25, 0.3) is 0 Å². The fourth-order valence-corrected chi connectivity index (χ4v) is 2.08. The highest BCUT2D eigenvalue weighted by molar-refractivity contribution is 6.35. The summed E-state index contributed by atoms with van der Waals surface area (Å²) >= 11 is 6.22. The van der Waals surface area contributed by atoms with Crippen LogP contribution in [0.4, 0.5) is 0 Å². The second-order valence-corrected chi connectivity index (χ2v) is 3.86. The molecule has 0 aliphatic carbocycles. The third-order valence-electron chi connectivity index (χ3n) is 2.64. The third-order valence-corrected chi connectivity index (χ3v) is 3.09. The summed E-state index contributed by atoms with van der Waals surface area (Å²) < 4.78 is 1.91. The van der Waals surface area contributed by atoms with Crippen LogP contribution >= 0.6 is 11.6 Å². The maximum Gasteiger partial charge on any atom is 0.180 e. The lowest BCUT2D eigenvalue weighted by molar-refractivity contribution is 1.11. The van der Waals surface area contributed by atoms with Crippen LogP contribution in [0.2, 0.25) is 5.02 Å². The van der Waals surface area contributed by atoms with Crippen LogP contribution < -0.4 is 0 Å². The lowest BCUT2D eigenvalue weighted by Gasteiger charge is -2.06. The summed E-state index contributed by atoms with van der Waals surface area (Å²) in [6.45, 7) is 2.00. The normalized spacial score (nSPS) is 11.3. The highest BCUT2D eigenvalue weighted by Crippen LogP contribution is 2.28. The summed E-state index contributed by atoms with van der Waals surface area (Å²) in [4.78, 5) is 0. The van der Waals surface area contributed by atoms with Crippen LogP contribution in [-0.4, -0.2) is 14.6 Å². The van der Waals surface area contributed by atoms with Crippen molar-refractivity contribution in [3.05, 3.63) is 41.2 Å². The smallest absolute Gasteiger partial charge is 0.180 e. The van der Waals surface area contributed by atoms with Crippen molar-refractivity contribution in [3.63, 3.8) is 0 Å². The van der Waals surface area contributed by atoms with E-state index in [1.807, 2.05) is 29.5 Å². The number of para-hydroxylation sites is 1. The molecule has 0 aliphatic rings. The number of fused-ring (bicyclic) bond motifs is 3. The molecule has 3 nitrogen and oxygen atoms in total. The fourth-order valence-electron chi connectivity index (χ4n) is 1.85. The highest BCUT2D eigenvalue weighted by atomic mass is 35.5. The molecule has 0 atom stereocenters. The fraction of sp³-hybridized carbons (Fsp3) is 0.0909. The molecule has 2 heterocycles. The molecule has 0 radical (unpaired) electrons. The van der Waals surface area contributed by atoms with E-state index in [0.717, 1.165) is 16.5 Å². The SMILES string of the molecule is Cc1c(Cl)c2nncn2c2ccccc12. The Balaban J connectivity index is 2.70. The Bertz CT molecular complexity index is 657. The van der Waals surface area contributed by atoms with Gasteiger partial charge in [0.2, 0.25) is 0 Å². The largest absolute Gasteiger partial charge is 0.280 e. The predicted molar refractivity (Wildman–Crippen MR) is 60.2 cm³/mol. The number of halogens is 1. The van der Waals surface area contributed by atoms with Gasteiger partial charge in [-0.3, -0.25) is 4.40 Å². The Morgan fingerprint density at radius 2 is 2.07 bits per heavy atom. The van der Waals surface area contributed by atoms with Crippen molar-refractivity contribution in [1.29, 1.82) is 0 Å².